The van der Waals surface area contributed by atoms with Gasteiger partial charge in [0.1, 0.15) is 0 Å². The van der Waals surface area contributed by atoms with Crippen LogP contribution in [0.2, 0.25) is 0 Å². The molecule has 2 rings (SSSR count). The normalized spacial score (nSPS) is 12.6. The maximum atomic E-state index is 11.6. The summed E-state index contributed by atoms with van der Waals surface area (Å²) in [5.74, 6) is 0. The van der Waals surface area contributed by atoms with Crippen LogP contribution in [0, 0.1) is 6.92 Å². The van der Waals surface area contributed by atoms with E-state index in [1.54, 1.807) is 4.57 Å². The topological polar surface area (TPSA) is 76.7 Å². The summed E-state index contributed by atoms with van der Waals surface area (Å²) in [6.45, 7) is 6.71. The van der Waals surface area contributed by atoms with E-state index in [2.05, 4.69) is 42.2 Å². The highest BCUT2D eigenvalue weighted by molar-refractivity contribution is 7.99. The predicted molar refractivity (Wildman–Crippen MR) is 85.8 cm³/mol. The Morgan fingerprint density at radius 1 is 1.43 bits per heavy atom. The molecule has 0 aliphatic heterocycles. The summed E-state index contributed by atoms with van der Waals surface area (Å²) in [5, 5.41) is 7.30. The van der Waals surface area contributed by atoms with Crippen LogP contribution < -0.4 is 11.4 Å². The van der Waals surface area contributed by atoms with Gasteiger partial charge in [-0.1, -0.05) is 24.6 Å². The molecule has 0 amide bonds. The second-order valence-corrected chi connectivity index (χ2v) is 6.15. The van der Waals surface area contributed by atoms with E-state index in [1.807, 2.05) is 6.92 Å². The fourth-order valence-corrected chi connectivity index (χ4v) is 3.17. The van der Waals surface area contributed by atoms with Gasteiger partial charge in [-0.2, -0.15) is 0 Å². The maximum absolute atomic E-state index is 11.6. The number of rotatable bonds is 6. The minimum absolute atomic E-state index is 0.152. The molecule has 0 saturated heterocycles. The second-order valence-electron chi connectivity index (χ2n) is 5.14. The molecule has 114 valence electrons. The summed E-state index contributed by atoms with van der Waals surface area (Å²) in [6, 6.07) is 6.47. The summed E-state index contributed by atoms with van der Waals surface area (Å²) in [5.41, 5.74) is 8.35. The van der Waals surface area contributed by atoms with Gasteiger partial charge in [-0.3, -0.25) is 4.57 Å². The third kappa shape index (κ3) is 3.77. The fraction of sp³-hybridized carbons (Fsp3) is 0.467. The lowest BCUT2D eigenvalue weighted by Gasteiger charge is -2.13. The lowest BCUT2D eigenvalue weighted by molar-refractivity contribution is 0.639. The highest BCUT2D eigenvalue weighted by atomic mass is 32.2. The molecule has 0 aliphatic carbocycles. The van der Waals surface area contributed by atoms with Crippen LogP contribution in [0.25, 0.3) is 0 Å². The number of aryl methyl sites for hydroxylation is 1. The largest absolute Gasteiger partial charge is 0.343 e. The first-order chi connectivity index (χ1) is 10.0. The Bertz CT molecular complexity index is 662. The molecule has 0 bridgehead atoms. The number of H-pyrrole nitrogens is 1. The van der Waals surface area contributed by atoms with Crippen LogP contribution in [0.1, 0.15) is 31.4 Å². The Balaban J connectivity index is 2.32. The molecular weight excluding hydrogens is 284 g/mol. The molecule has 2 aromatic rings. The molecule has 5 nitrogen and oxygen atoms in total. The molecule has 1 heterocycles. The van der Waals surface area contributed by atoms with Crippen molar-refractivity contribution in [2.75, 3.05) is 0 Å². The van der Waals surface area contributed by atoms with Gasteiger partial charge in [-0.05, 0) is 50.1 Å². The van der Waals surface area contributed by atoms with Gasteiger partial charge in [0.2, 0.25) is 0 Å². The van der Waals surface area contributed by atoms with E-state index in [1.165, 1.54) is 22.9 Å². The highest BCUT2D eigenvalue weighted by Gasteiger charge is 2.13. The van der Waals surface area contributed by atoms with Gasteiger partial charge in [-0.15, -0.1) is 5.10 Å². The number of aromatic nitrogens is 3. The molecule has 21 heavy (non-hydrogen) atoms. The van der Waals surface area contributed by atoms with Gasteiger partial charge >= 0.3 is 5.69 Å². The Morgan fingerprint density at radius 3 is 2.86 bits per heavy atom. The lowest BCUT2D eigenvalue weighted by atomic mass is 10.0. The quantitative estimate of drug-likeness (QED) is 0.859. The SMILES string of the molecule is CCC(N)Cc1cc(C)ccc1Sc1n[nH]c(=O)n1CC. The number of nitrogens with one attached hydrogen (secondary N) is 1. The lowest BCUT2D eigenvalue weighted by Crippen LogP contribution is -2.21. The molecule has 0 fully saturated rings. The number of nitrogens with zero attached hydrogens (tertiary/aromatic N) is 2. The molecule has 0 aliphatic rings. The van der Waals surface area contributed by atoms with Crippen molar-refractivity contribution in [1.29, 1.82) is 0 Å². The Labute approximate surface area is 128 Å². The van der Waals surface area contributed by atoms with Crippen LogP contribution >= 0.6 is 11.8 Å². The van der Waals surface area contributed by atoms with Crippen molar-refractivity contribution >= 4 is 11.8 Å². The maximum Gasteiger partial charge on any atom is 0.343 e. The van der Waals surface area contributed by atoms with Gasteiger partial charge in [0.25, 0.3) is 0 Å². The Hall–Kier alpha value is -1.53. The van der Waals surface area contributed by atoms with Crippen molar-refractivity contribution in [1.82, 2.24) is 14.8 Å². The number of hydrogen-bond acceptors (Lipinski definition) is 4. The van der Waals surface area contributed by atoms with Gasteiger partial charge in [0, 0.05) is 17.5 Å². The third-order valence-corrected chi connectivity index (χ3v) is 4.58. The average Bonchev–Trinajstić information content (AvgIpc) is 2.81. The van der Waals surface area contributed by atoms with Crippen LogP contribution in [0.4, 0.5) is 0 Å². The minimum Gasteiger partial charge on any atom is -0.327 e. The summed E-state index contributed by atoms with van der Waals surface area (Å²) in [6.07, 6.45) is 1.78. The molecule has 1 aromatic carbocycles. The first kappa shape index (κ1) is 15.9. The van der Waals surface area contributed by atoms with Crippen molar-refractivity contribution in [3.8, 4) is 0 Å². The van der Waals surface area contributed by atoms with Gasteiger partial charge in [0.05, 0.1) is 0 Å². The summed E-state index contributed by atoms with van der Waals surface area (Å²) in [7, 11) is 0. The number of aromatic amines is 1. The molecule has 1 atom stereocenters. The number of benzene rings is 1. The molecule has 6 heteroatoms. The van der Waals surface area contributed by atoms with E-state index in [9.17, 15) is 4.79 Å². The predicted octanol–water partition coefficient (Wildman–Crippen LogP) is 2.33. The van der Waals surface area contributed by atoms with E-state index in [0.717, 1.165) is 17.7 Å². The van der Waals surface area contributed by atoms with Gasteiger partial charge in [-0.25, -0.2) is 9.89 Å². The average molecular weight is 306 g/mol. The van der Waals surface area contributed by atoms with Crippen LogP contribution in [-0.4, -0.2) is 20.8 Å². The molecule has 0 spiro atoms. The van der Waals surface area contributed by atoms with Crippen molar-refractivity contribution in [2.45, 2.75) is 56.3 Å². The molecule has 3 N–H and O–H groups in total. The van der Waals surface area contributed by atoms with Crippen molar-refractivity contribution in [2.24, 2.45) is 5.73 Å². The van der Waals surface area contributed by atoms with E-state index in [-0.39, 0.29) is 11.7 Å². The Kier molecular flexibility index (Phi) is 5.25. The van der Waals surface area contributed by atoms with Crippen LogP contribution in [0.15, 0.2) is 33.0 Å². The molecule has 1 aromatic heterocycles. The smallest absolute Gasteiger partial charge is 0.327 e. The van der Waals surface area contributed by atoms with Crippen LogP contribution in [-0.2, 0) is 13.0 Å². The van der Waals surface area contributed by atoms with Crippen LogP contribution in [0.3, 0.4) is 0 Å². The number of nitrogens with two attached hydrogens (primary N) is 1. The molecular formula is C15H22N4OS. The fourth-order valence-electron chi connectivity index (χ4n) is 2.15. The minimum atomic E-state index is -0.168. The second kappa shape index (κ2) is 6.95. The molecule has 0 radical (unpaired) electrons. The van der Waals surface area contributed by atoms with Crippen molar-refractivity contribution < 1.29 is 0 Å². The zero-order chi connectivity index (χ0) is 15.4. The monoisotopic (exact) mass is 306 g/mol. The van der Waals surface area contributed by atoms with E-state index >= 15 is 0 Å². The summed E-state index contributed by atoms with van der Waals surface area (Å²) in [4.78, 5) is 12.7. The highest BCUT2D eigenvalue weighted by Crippen LogP contribution is 2.30. The molecule has 1 unspecified atom stereocenters. The third-order valence-electron chi connectivity index (χ3n) is 3.46. The zero-order valence-electron chi connectivity index (χ0n) is 12.7. The van der Waals surface area contributed by atoms with E-state index in [4.69, 9.17) is 5.73 Å². The zero-order valence-corrected chi connectivity index (χ0v) is 13.5. The molecule has 0 saturated carbocycles. The summed E-state index contributed by atoms with van der Waals surface area (Å²) < 4.78 is 1.63. The Morgan fingerprint density at radius 2 is 2.19 bits per heavy atom. The standard InChI is InChI=1S/C15H22N4OS/c1-4-12(16)9-11-8-10(3)6-7-13(11)21-15-18-17-14(20)19(15)5-2/h6-8,12H,4-5,9,16H2,1-3H3,(H,17,20). The van der Waals surface area contributed by atoms with E-state index in [0.29, 0.717) is 11.7 Å². The van der Waals surface area contributed by atoms with Crippen LogP contribution in [0.5, 0.6) is 0 Å². The summed E-state index contributed by atoms with van der Waals surface area (Å²) >= 11 is 1.51. The number of hydrogen-bond donors (Lipinski definition) is 2. The van der Waals surface area contributed by atoms with E-state index < -0.39 is 0 Å². The van der Waals surface area contributed by atoms with Crippen molar-refractivity contribution in [3.63, 3.8) is 0 Å². The van der Waals surface area contributed by atoms with Gasteiger partial charge in [0.15, 0.2) is 5.16 Å². The van der Waals surface area contributed by atoms with Gasteiger partial charge < -0.3 is 5.73 Å². The van der Waals surface area contributed by atoms with Crippen molar-refractivity contribution in [3.05, 3.63) is 39.8 Å². The first-order valence-corrected chi connectivity index (χ1v) is 8.05. The first-order valence-electron chi connectivity index (χ1n) is 7.23.